The first-order chi connectivity index (χ1) is 7.56. The first kappa shape index (κ1) is 11.0. The molecule has 1 atom stereocenters. The molecule has 0 spiro atoms. The smallest absolute Gasteiger partial charge is 0.134 e. The van der Waals surface area contributed by atoms with E-state index in [4.69, 9.17) is 0 Å². The number of nitrogens with zero attached hydrogens (tertiary/aromatic N) is 3. The van der Waals surface area contributed by atoms with E-state index in [1.54, 1.807) is 6.92 Å². The number of ketones is 1. The maximum Gasteiger partial charge on any atom is 0.134 e. The van der Waals surface area contributed by atoms with Crippen LogP contribution in [0.2, 0.25) is 0 Å². The molecule has 1 saturated heterocycles. The predicted octanol–water partition coefficient (Wildman–Crippen LogP) is 1.51. The third kappa shape index (κ3) is 2.21. The Morgan fingerprint density at radius 2 is 2.19 bits per heavy atom. The molecule has 1 aromatic heterocycles. The Morgan fingerprint density at radius 1 is 1.44 bits per heavy atom. The molecule has 0 bridgehead atoms. The van der Waals surface area contributed by atoms with Gasteiger partial charge >= 0.3 is 0 Å². The lowest BCUT2D eigenvalue weighted by molar-refractivity contribution is -0.120. The monoisotopic (exact) mass is 219 g/mol. The van der Waals surface area contributed by atoms with Crippen LogP contribution >= 0.6 is 0 Å². The Morgan fingerprint density at radius 3 is 2.75 bits per heavy atom. The van der Waals surface area contributed by atoms with Crippen molar-refractivity contribution in [3.05, 3.63) is 17.6 Å². The lowest BCUT2D eigenvalue weighted by atomic mass is 10.1. The molecular weight excluding hydrogens is 202 g/mol. The molecule has 4 nitrogen and oxygen atoms in total. The van der Waals surface area contributed by atoms with Gasteiger partial charge in [0.15, 0.2) is 0 Å². The minimum absolute atomic E-state index is 0.176. The largest absolute Gasteiger partial charge is 0.356 e. The van der Waals surface area contributed by atoms with E-state index >= 15 is 0 Å². The fourth-order valence-electron chi connectivity index (χ4n) is 2.16. The Hall–Kier alpha value is -1.45. The Balaban J connectivity index is 2.17. The second-order valence-electron chi connectivity index (χ2n) is 4.46. The molecule has 16 heavy (non-hydrogen) atoms. The van der Waals surface area contributed by atoms with Crippen molar-refractivity contribution in [2.45, 2.75) is 27.2 Å². The third-order valence-corrected chi connectivity index (χ3v) is 3.04. The van der Waals surface area contributed by atoms with Crippen LogP contribution < -0.4 is 4.90 Å². The summed E-state index contributed by atoms with van der Waals surface area (Å²) in [6.45, 7) is 7.25. The summed E-state index contributed by atoms with van der Waals surface area (Å²) in [6, 6.07) is 1.98. The molecular formula is C12H17N3O. The molecule has 2 rings (SSSR count). The number of carbonyl (C=O) groups excluding carboxylic acids is 1. The summed E-state index contributed by atoms with van der Waals surface area (Å²) in [6.07, 6.45) is 0.942. The van der Waals surface area contributed by atoms with Crippen LogP contribution in [-0.4, -0.2) is 28.8 Å². The summed E-state index contributed by atoms with van der Waals surface area (Å²) in [5.74, 6) is 2.20. The summed E-state index contributed by atoms with van der Waals surface area (Å²) in [5, 5.41) is 0. The minimum atomic E-state index is 0.176. The Labute approximate surface area is 95.7 Å². The van der Waals surface area contributed by atoms with Gasteiger partial charge in [0.05, 0.1) is 0 Å². The van der Waals surface area contributed by atoms with Crippen LogP contribution in [0.4, 0.5) is 5.82 Å². The van der Waals surface area contributed by atoms with Crippen LogP contribution in [0, 0.1) is 19.8 Å². The molecule has 0 N–H and O–H groups in total. The van der Waals surface area contributed by atoms with E-state index in [0.717, 1.165) is 36.8 Å². The van der Waals surface area contributed by atoms with Crippen molar-refractivity contribution >= 4 is 11.6 Å². The third-order valence-electron chi connectivity index (χ3n) is 3.04. The average Bonchev–Trinajstić information content (AvgIpc) is 2.64. The second kappa shape index (κ2) is 4.20. The molecule has 0 saturated carbocycles. The van der Waals surface area contributed by atoms with Gasteiger partial charge in [-0.1, -0.05) is 0 Å². The molecule has 0 unspecified atom stereocenters. The molecule has 0 amide bonds. The zero-order chi connectivity index (χ0) is 11.7. The quantitative estimate of drug-likeness (QED) is 0.756. The summed E-state index contributed by atoms with van der Waals surface area (Å²) < 4.78 is 0. The van der Waals surface area contributed by atoms with Gasteiger partial charge in [-0.2, -0.15) is 0 Å². The molecule has 1 aromatic rings. The van der Waals surface area contributed by atoms with Gasteiger partial charge in [0.1, 0.15) is 17.4 Å². The Bertz CT molecular complexity index is 396. The van der Waals surface area contributed by atoms with Crippen molar-refractivity contribution in [1.82, 2.24) is 9.97 Å². The fraction of sp³-hybridized carbons (Fsp3) is 0.583. The van der Waals surface area contributed by atoms with Gasteiger partial charge in [0.2, 0.25) is 0 Å². The minimum Gasteiger partial charge on any atom is -0.356 e. The maximum absolute atomic E-state index is 11.3. The first-order valence-electron chi connectivity index (χ1n) is 5.64. The van der Waals surface area contributed by atoms with E-state index < -0.39 is 0 Å². The van der Waals surface area contributed by atoms with Crippen LogP contribution in [0.3, 0.4) is 0 Å². The van der Waals surface area contributed by atoms with Crippen molar-refractivity contribution in [3.63, 3.8) is 0 Å². The summed E-state index contributed by atoms with van der Waals surface area (Å²) >= 11 is 0. The molecule has 1 aliphatic rings. The number of aromatic nitrogens is 2. The number of aryl methyl sites for hydroxylation is 2. The van der Waals surface area contributed by atoms with Gasteiger partial charge in [-0.05, 0) is 27.2 Å². The molecule has 2 heterocycles. The number of carbonyl (C=O) groups is 1. The van der Waals surface area contributed by atoms with Gasteiger partial charge < -0.3 is 4.90 Å². The summed E-state index contributed by atoms with van der Waals surface area (Å²) in [4.78, 5) is 22.1. The van der Waals surface area contributed by atoms with Gasteiger partial charge in [0, 0.05) is 30.8 Å². The second-order valence-corrected chi connectivity index (χ2v) is 4.46. The first-order valence-corrected chi connectivity index (χ1v) is 5.64. The van der Waals surface area contributed by atoms with Gasteiger partial charge in [0.25, 0.3) is 0 Å². The van der Waals surface area contributed by atoms with Crippen LogP contribution in [0.25, 0.3) is 0 Å². The number of hydrogen-bond donors (Lipinski definition) is 0. The maximum atomic E-state index is 11.3. The van der Waals surface area contributed by atoms with Crippen LogP contribution in [0.15, 0.2) is 6.07 Å². The highest BCUT2D eigenvalue weighted by atomic mass is 16.1. The van der Waals surface area contributed by atoms with E-state index in [0.29, 0.717) is 0 Å². The number of hydrogen-bond acceptors (Lipinski definition) is 4. The molecule has 1 aliphatic heterocycles. The predicted molar refractivity (Wildman–Crippen MR) is 62.5 cm³/mol. The normalized spacial score (nSPS) is 20.2. The average molecular weight is 219 g/mol. The van der Waals surface area contributed by atoms with Crippen molar-refractivity contribution in [1.29, 1.82) is 0 Å². The number of Topliss-reactive ketones (excluding diaryl/α,β-unsaturated/α-hetero) is 1. The summed E-state index contributed by atoms with van der Waals surface area (Å²) in [7, 11) is 0. The van der Waals surface area contributed by atoms with Crippen LogP contribution in [0.1, 0.15) is 24.9 Å². The molecule has 0 aromatic carbocycles. The van der Waals surface area contributed by atoms with Crippen molar-refractivity contribution < 1.29 is 4.79 Å². The van der Waals surface area contributed by atoms with E-state index in [9.17, 15) is 4.79 Å². The van der Waals surface area contributed by atoms with E-state index in [-0.39, 0.29) is 11.7 Å². The van der Waals surface area contributed by atoms with Crippen molar-refractivity contribution in [2.24, 2.45) is 5.92 Å². The SMILES string of the molecule is CC(=O)[C@H]1CCN(c2cc(C)nc(C)n2)C1. The number of rotatable bonds is 2. The topological polar surface area (TPSA) is 46.1 Å². The highest BCUT2D eigenvalue weighted by molar-refractivity contribution is 5.79. The van der Waals surface area contributed by atoms with E-state index in [1.807, 2.05) is 19.9 Å². The zero-order valence-electron chi connectivity index (χ0n) is 10.0. The summed E-state index contributed by atoms with van der Waals surface area (Å²) in [5.41, 5.74) is 0.980. The van der Waals surface area contributed by atoms with Gasteiger partial charge in [-0.3, -0.25) is 4.79 Å². The standard InChI is InChI=1S/C12H17N3O/c1-8-6-12(14-10(3)13-8)15-5-4-11(7-15)9(2)16/h6,11H,4-5,7H2,1-3H3/t11-/m0/s1. The lowest BCUT2D eigenvalue weighted by Gasteiger charge is -2.17. The van der Waals surface area contributed by atoms with E-state index in [2.05, 4.69) is 14.9 Å². The fourth-order valence-corrected chi connectivity index (χ4v) is 2.16. The lowest BCUT2D eigenvalue weighted by Crippen LogP contribution is -2.23. The van der Waals surface area contributed by atoms with E-state index in [1.165, 1.54) is 0 Å². The highest BCUT2D eigenvalue weighted by Gasteiger charge is 2.26. The number of anilines is 1. The Kier molecular flexibility index (Phi) is 2.90. The van der Waals surface area contributed by atoms with Crippen molar-refractivity contribution in [3.8, 4) is 0 Å². The van der Waals surface area contributed by atoms with Gasteiger partial charge in [-0.15, -0.1) is 0 Å². The molecule has 0 aliphatic carbocycles. The zero-order valence-corrected chi connectivity index (χ0v) is 10.0. The van der Waals surface area contributed by atoms with Crippen LogP contribution in [0.5, 0.6) is 0 Å². The molecule has 4 heteroatoms. The molecule has 86 valence electrons. The van der Waals surface area contributed by atoms with Crippen LogP contribution in [-0.2, 0) is 4.79 Å². The molecule has 1 fully saturated rings. The van der Waals surface area contributed by atoms with Gasteiger partial charge in [-0.25, -0.2) is 9.97 Å². The highest BCUT2D eigenvalue weighted by Crippen LogP contribution is 2.23. The molecule has 0 radical (unpaired) electrons. The van der Waals surface area contributed by atoms with Crippen molar-refractivity contribution in [2.75, 3.05) is 18.0 Å².